The summed E-state index contributed by atoms with van der Waals surface area (Å²) in [5, 5.41) is 9.27. The highest BCUT2D eigenvalue weighted by Crippen LogP contribution is 2.26. The molecular formula is C15H25N3O2. The van der Waals surface area contributed by atoms with Crippen molar-refractivity contribution in [2.75, 3.05) is 31.7 Å². The Morgan fingerprint density at radius 2 is 2.15 bits per heavy atom. The average molecular weight is 279 g/mol. The molecule has 2 rings (SSSR count). The Balaban J connectivity index is 2.30. The number of methoxy groups -OCH3 is 1. The van der Waals surface area contributed by atoms with Gasteiger partial charge in [-0.25, -0.2) is 9.97 Å². The molecule has 1 aromatic heterocycles. The average Bonchev–Trinajstić information content (AvgIpc) is 2.86. The lowest BCUT2D eigenvalue weighted by atomic mass is 9.95. The van der Waals surface area contributed by atoms with Crippen LogP contribution in [0, 0.1) is 5.92 Å². The van der Waals surface area contributed by atoms with Gasteiger partial charge in [0.1, 0.15) is 11.6 Å². The number of anilines is 1. The summed E-state index contributed by atoms with van der Waals surface area (Å²) in [6, 6.07) is 2.00. The van der Waals surface area contributed by atoms with E-state index in [-0.39, 0.29) is 12.0 Å². The molecule has 1 saturated heterocycles. The van der Waals surface area contributed by atoms with E-state index in [2.05, 4.69) is 30.7 Å². The standard InChI is InChI=1S/C15H25N3O2/c1-15(2,3)14-16-12(10-20-4)7-13(17-14)18-6-5-11(8-18)9-19/h7,11,19H,5-6,8-10H2,1-4H3. The van der Waals surface area contributed by atoms with E-state index in [4.69, 9.17) is 9.72 Å². The van der Waals surface area contributed by atoms with Crippen LogP contribution in [0.25, 0.3) is 0 Å². The van der Waals surface area contributed by atoms with Crippen molar-refractivity contribution >= 4 is 5.82 Å². The number of nitrogens with zero attached hydrogens (tertiary/aromatic N) is 3. The van der Waals surface area contributed by atoms with Gasteiger partial charge in [0.15, 0.2) is 0 Å². The minimum absolute atomic E-state index is 0.0887. The van der Waals surface area contributed by atoms with Crippen LogP contribution in [-0.2, 0) is 16.8 Å². The summed E-state index contributed by atoms with van der Waals surface area (Å²) in [7, 11) is 1.68. The van der Waals surface area contributed by atoms with Gasteiger partial charge in [0.05, 0.1) is 12.3 Å². The van der Waals surface area contributed by atoms with Crippen LogP contribution in [0.2, 0.25) is 0 Å². The summed E-state index contributed by atoms with van der Waals surface area (Å²) < 4.78 is 5.21. The van der Waals surface area contributed by atoms with E-state index in [9.17, 15) is 5.11 Å². The van der Waals surface area contributed by atoms with Gasteiger partial charge in [-0.3, -0.25) is 0 Å². The molecule has 5 nitrogen and oxygen atoms in total. The summed E-state index contributed by atoms with van der Waals surface area (Å²) >= 11 is 0. The Morgan fingerprint density at radius 3 is 2.70 bits per heavy atom. The predicted molar refractivity (Wildman–Crippen MR) is 78.9 cm³/mol. The van der Waals surface area contributed by atoms with Crippen LogP contribution >= 0.6 is 0 Å². The maximum absolute atomic E-state index is 9.27. The van der Waals surface area contributed by atoms with Crippen molar-refractivity contribution < 1.29 is 9.84 Å². The van der Waals surface area contributed by atoms with Crippen LogP contribution in [0.5, 0.6) is 0 Å². The molecule has 1 aliphatic rings. The van der Waals surface area contributed by atoms with Crippen LogP contribution in [-0.4, -0.2) is 41.9 Å². The van der Waals surface area contributed by atoms with Gasteiger partial charge in [0, 0.05) is 44.2 Å². The molecule has 5 heteroatoms. The zero-order valence-corrected chi connectivity index (χ0v) is 12.9. The van der Waals surface area contributed by atoms with Gasteiger partial charge in [-0.05, 0) is 6.42 Å². The van der Waals surface area contributed by atoms with E-state index in [0.29, 0.717) is 12.5 Å². The van der Waals surface area contributed by atoms with Crippen LogP contribution in [0.3, 0.4) is 0 Å². The SMILES string of the molecule is COCc1cc(N2CCC(CO)C2)nc(C(C)(C)C)n1. The third-order valence-electron chi connectivity index (χ3n) is 3.60. The smallest absolute Gasteiger partial charge is 0.136 e. The summed E-state index contributed by atoms with van der Waals surface area (Å²) in [5.41, 5.74) is 0.823. The maximum Gasteiger partial charge on any atom is 0.136 e. The van der Waals surface area contributed by atoms with Gasteiger partial charge in [0.25, 0.3) is 0 Å². The molecule has 1 unspecified atom stereocenters. The third-order valence-corrected chi connectivity index (χ3v) is 3.60. The number of hydrogen-bond acceptors (Lipinski definition) is 5. The van der Waals surface area contributed by atoms with Crippen LogP contribution in [0.1, 0.15) is 38.7 Å². The number of ether oxygens (including phenoxy) is 1. The van der Waals surface area contributed by atoms with Crippen LogP contribution < -0.4 is 4.90 Å². The predicted octanol–water partition coefficient (Wildman–Crippen LogP) is 1.74. The molecule has 0 saturated carbocycles. The van der Waals surface area contributed by atoms with Crippen molar-refractivity contribution in [3.05, 3.63) is 17.6 Å². The minimum atomic E-state index is -0.0887. The quantitative estimate of drug-likeness (QED) is 0.909. The first kappa shape index (κ1) is 15.2. The zero-order chi connectivity index (χ0) is 14.8. The molecule has 0 aliphatic carbocycles. The second-order valence-electron chi connectivity index (χ2n) is 6.51. The molecule has 112 valence electrons. The van der Waals surface area contributed by atoms with E-state index < -0.39 is 0 Å². The summed E-state index contributed by atoms with van der Waals surface area (Å²) in [4.78, 5) is 11.5. The van der Waals surface area contributed by atoms with Gasteiger partial charge in [-0.1, -0.05) is 20.8 Å². The number of aliphatic hydroxyl groups excluding tert-OH is 1. The first-order chi connectivity index (χ1) is 9.44. The molecule has 1 aromatic rings. The van der Waals surface area contributed by atoms with Gasteiger partial charge >= 0.3 is 0 Å². The number of aliphatic hydroxyl groups is 1. The number of rotatable bonds is 4. The van der Waals surface area contributed by atoms with Crippen molar-refractivity contribution in [2.45, 2.75) is 39.2 Å². The Hall–Kier alpha value is -1.20. The first-order valence-electron chi connectivity index (χ1n) is 7.17. The molecule has 1 N–H and O–H groups in total. The van der Waals surface area contributed by atoms with Crippen molar-refractivity contribution in [1.29, 1.82) is 0 Å². The van der Waals surface area contributed by atoms with E-state index in [1.165, 1.54) is 0 Å². The molecule has 0 radical (unpaired) electrons. The molecule has 2 heterocycles. The van der Waals surface area contributed by atoms with Gasteiger partial charge < -0.3 is 14.7 Å². The molecular weight excluding hydrogens is 254 g/mol. The molecule has 1 atom stereocenters. The van der Waals surface area contributed by atoms with Gasteiger partial charge in [-0.15, -0.1) is 0 Å². The highest BCUT2D eigenvalue weighted by atomic mass is 16.5. The van der Waals surface area contributed by atoms with Crippen molar-refractivity contribution in [1.82, 2.24) is 9.97 Å². The number of hydrogen-bond donors (Lipinski definition) is 1. The monoisotopic (exact) mass is 279 g/mol. The fourth-order valence-corrected chi connectivity index (χ4v) is 2.39. The fraction of sp³-hybridized carbons (Fsp3) is 0.733. The van der Waals surface area contributed by atoms with Crippen LogP contribution in [0.4, 0.5) is 5.82 Å². The van der Waals surface area contributed by atoms with E-state index in [1.807, 2.05) is 6.07 Å². The topological polar surface area (TPSA) is 58.5 Å². The Kier molecular flexibility index (Phi) is 4.60. The third kappa shape index (κ3) is 3.46. The summed E-state index contributed by atoms with van der Waals surface area (Å²) in [6.45, 7) is 8.89. The maximum atomic E-state index is 9.27. The Labute approximate surface area is 121 Å². The highest BCUT2D eigenvalue weighted by molar-refractivity contribution is 5.41. The summed E-state index contributed by atoms with van der Waals surface area (Å²) in [5.74, 6) is 2.15. The Morgan fingerprint density at radius 1 is 1.40 bits per heavy atom. The molecule has 1 fully saturated rings. The molecule has 0 bridgehead atoms. The van der Waals surface area contributed by atoms with Crippen molar-refractivity contribution in [3.63, 3.8) is 0 Å². The lowest BCUT2D eigenvalue weighted by Crippen LogP contribution is -2.25. The largest absolute Gasteiger partial charge is 0.396 e. The van der Waals surface area contributed by atoms with E-state index in [1.54, 1.807) is 7.11 Å². The lowest BCUT2D eigenvalue weighted by Gasteiger charge is -2.23. The Bertz CT molecular complexity index is 457. The molecule has 1 aliphatic heterocycles. The normalized spacial score (nSPS) is 19.6. The van der Waals surface area contributed by atoms with E-state index in [0.717, 1.165) is 36.8 Å². The minimum Gasteiger partial charge on any atom is -0.396 e. The second kappa shape index (κ2) is 6.06. The van der Waals surface area contributed by atoms with Crippen molar-refractivity contribution in [3.8, 4) is 0 Å². The number of aromatic nitrogens is 2. The highest BCUT2D eigenvalue weighted by Gasteiger charge is 2.25. The summed E-state index contributed by atoms with van der Waals surface area (Å²) in [6.07, 6.45) is 1.02. The van der Waals surface area contributed by atoms with Crippen LogP contribution in [0.15, 0.2) is 6.07 Å². The van der Waals surface area contributed by atoms with Gasteiger partial charge in [-0.2, -0.15) is 0 Å². The van der Waals surface area contributed by atoms with E-state index >= 15 is 0 Å². The second-order valence-corrected chi connectivity index (χ2v) is 6.51. The zero-order valence-electron chi connectivity index (χ0n) is 12.9. The molecule has 20 heavy (non-hydrogen) atoms. The molecule has 0 aromatic carbocycles. The first-order valence-corrected chi connectivity index (χ1v) is 7.17. The molecule has 0 amide bonds. The van der Waals surface area contributed by atoms with Gasteiger partial charge in [0.2, 0.25) is 0 Å². The molecule has 0 spiro atoms. The lowest BCUT2D eigenvalue weighted by molar-refractivity contribution is 0.181. The fourth-order valence-electron chi connectivity index (χ4n) is 2.39. The van der Waals surface area contributed by atoms with Crippen molar-refractivity contribution in [2.24, 2.45) is 5.92 Å².